The van der Waals surface area contributed by atoms with Crippen molar-refractivity contribution in [3.63, 3.8) is 0 Å². The van der Waals surface area contributed by atoms with Crippen LogP contribution in [0.3, 0.4) is 0 Å². The van der Waals surface area contributed by atoms with Crippen LogP contribution >= 0.6 is 0 Å². The monoisotopic (exact) mass is 357 g/mol. The van der Waals surface area contributed by atoms with Gasteiger partial charge in [0, 0.05) is 5.56 Å². The summed E-state index contributed by atoms with van der Waals surface area (Å²) in [6.07, 6.45) is 0. The summed E-state index contributed by atoms with van der Waals surface area (Å²) < 4.78 is 14.7. The standard InChI is InChI=1S/C19H19NO6/c1-4-26-14-8-5-12(6-9-14)17(21)20-16-11-13(18(22)24-2)7-10-15(16)19(23)25-3/h5-11H,4H2,1-3H3,(H,20,21). The smallest absolute Gasteiger partial charge is 0.339 e. The summed E-state index contributed by atoms with van der Waals surface area (Å²) in [5, 5.41) is 2.62. The zero-order chi connectivity index (χ0) is 19.1. The Balaban J connectivity index is 2.31. The quantitative estimate of drug-likeness (QED) is 0.800. The first-order valence-corrected chi connectivity index (χ1v) is 7.85. The van der Waals surface area contributed by atoms with Crippen LogP contribution in [0.15, 0.2) is 42.5 Å². The maximum absolute atomic E-state index is 12.5. The Morgan fingerprint density at radius 1 is 0.885 bits per heavy atom. The Labute approximate surface area is 150 Å². The minimum atomic E-state index is -0.636. The van der Waals surface area contributed by atoms with Crippen molar-refractivity contribution in [1.29, 1.82) is 0 Å². The number of anilines is 1. The molecule has 7 nitrogen and oxygen atoms in total. The first kappa shape index (κ1) is 19.0. The first-order valence-electron chi connectivity index (χ1n) is 7.85. The van der Waals surface area contributed by atoms with E-state index in [1.807, 2.05) is 6.92 Å². The van der Waals surface area contributed by atoms with Crippen molar-refractivity contribution in [3.05, 3.63) is 59.2 Å². The van der Waals surface area contributed by atoms with Crippen molar-refractivity contribution in [1.82, 2.24) is 0 Å². The van der Waals surface area contributed by atoms with Crippen molar-refractivity contribution < 1.29 is 28.6 Å². The van der Waals surface area contributed by atoms with Gasteiger partial charge in [-0.05, 0) is 49.4 Å². The number of esters is 2. The van der Waals surface area contributed by atoms with Gasteiger partial charge in [0.15, 0.2) is 0 Å². The van der Waals surface area contributed by atoms with Gasteiger partial charge in [-0.1, -0.05) is 0 Å². The predicted octanol–water partition coefficient (Wildman–Crippen LogP) is 2.91. The largest absolute Gasteiger partial charge is 0.494 e. The van der Waals surface area contributed by atoms with Crippen molar-refractivity contribution >= 4 is 23.5 Å². The molecule has 0 saturated carbocycles. The van der Waals surface area contributed by atoms with Crippen LogP contribution in [0.2, 0.25) is 0 Å². The fourth-order valence-electron chi connectivity index (χ4n) is 2.24. The van der Waals surface area contributed by atoms with E-state index in [1.165, 1.54) is 32.4 Å². The van der Waals surface area contributed by atoms with Crippen molar-refractivity contribution in [2.24, 2.45) is 0 Å². The van der Waals surface area contributed by atoms with Gasteiger partial charge in [-0.25, -0.2) is 9.59 Å². The summed E-state index contributed by atoms with van der Waals surface area (Å²) in [7, 11) is 2.48. The number of rotatable bonds is 6. The molecule has 2 aromatic rings. The predicted molar refractivity (Wildman–Crippen MR) is 94.7 cm³/mol. The summed E-state index contributed by atoms with van der Waals surface area (Å²) in [5.74, 6) is -1.02. The number of carbonyl (C=O) groups excluding carboxylic acids is 3. The third kappa shape index (κ3) is 4.38. The number of ether oxygens (including phenoxy) is 3. The Morgan fingerprint density at radius 3 is 2.08 bits per heavy atom. The molecule has 0 heterocycles. The van der Waals surface area contributed by atoms with E-state index in [0.717, 1.165) is 0 Å². The number of amides is 1. The lowest BCUT2D eigenvalue weighted by Gasteiger charge is -2.12. The molecule has 0 atom stereocenters. The maximum atomic E-state index is 12.5. The average Bonchev–Trinajstić information content (AvgIpc) is 2.67. The third-order valence-electron chi connectivity index (χ3n) is 3.52. The third-order valence-corrected chi connectivity index (χ3v) is 3.52. The van der Waals surface area contributed by atoms with Gasteiger partial charge in [0.1, 0.15) is 5.75 Å². The molecule has 0 unspecified atom stereocenters. The Kier molecular flexibility index (Phi) is 6.32. The van der Waals surface area contributed by atoms with Gasteiger partial charge >= 0.3 is 11.9 Å². The molecule has 0 aliphatic heterocycles. The lowest BCUT2D eigenvalue weighted by Crippen LogP contribution is -2.16. The molecule has 0 saturated heterocycles. The average molecular weight is 357 g/mol. The SMILES string of the molecule is CCOc1ccc(C(=O)Nc2cc(C(=O)OC)ccc2C(=O)OC)cc1. The van der Waals surface area contributed by atoms with Crippen LogP contribution in [0.1, 0.15) is 38.0 Å². The molecular formula is C19H19NO6. The molecule has 2 rings (SSSR count). The second kappa shape index (κ2) is 8.66. The van der Waals surface area contributed by atoms with Crippen LogP contribution in [0.25, 0.3) is 0 Å². The normalized spacial score (nSPS) is 9.96. The molecule has 1 N–H and O–H groups in total. The fraction of sp³-hybridized carbons (Fsp3) is 0.211. The van der Waals surface area contributed by atoms with Crippen LogP contribution in [0, 0.1) is 0 Å². The Hall–Kier alpha value is -3.35. The molecule has 2 aromatic carbocycles. The van der Waals surface area contributed by atoms with Crippen LogP contribution in [0.4, 0.5) is 5.69 Å². The van der Waals surface area contributed by atoms with Crippen molar-refractivity contribution in [2.75, 3.05) is 26.1 Å². The van der Waals surface area contributed by atoms with Gasteiger partial charge in [-0.3, -0.25) is 4.79 Å². The molecule has 0 radical (unpaired) electrons. The van der Waals surface area contributed by atoms with E-state index in [-0.39, 0.29) is 16.8 Å². The molecule has 0 aliphatic rings. The van der Waals surface area contributed by atoms with Gasteiger partial charge in [-0.2, -0.15) is 0 Å². The van der Waals surface area contributed by atoms with Crippen LogP contribution < -0.4 is 10.1 Å². The van der Waals surface area contributed by atoms with Gasteiger partial charge in [0.2, 0.25) is 0 Å². The minimum absolute atomic E-state index is 0.124. The van der Waals surface area contributed by atoms with E-state index in [4.69, 9.17) is 9.47 Å². The molecule has 0 fully saturated rings. The molecule has 1 amide bonds. The number of nitrogens with one attached hydrogen (secondary N) is 1. The lowest BCUT2D eigenvalue weighted by molar-refractivity contribution is 0.0587. The van der Waals surface area contributed by atoms with Crippen LogP contribution in [-0.4, -0.2) is 38.7 Å². The van der Waals surface area contributed by atoms with Gasteiger partial charge in [-0.15, -0.1) is 0 Å². The van der Waals surface area contributed by atoms with E-state index < -0.39 is 17.8 Å². The van der Waals surface area contributed by atoms with E-state index in [1.54, 1.807) is 24.3 Å². The summed E-state index contributed by atoms with van der Waals surface area (Å²) in [5.41, 5.74) is 0.841. The molecule has 0 aliphatic carbocycles. The van der Waals surface area contributed by atoms with E-state index >= 15 is 0 Å². The van der Waals surface area contributed by atoms with Crippen molar-refractivity contribution in [3.8, 4) is 5.75 Å². The molecular weight excluding hydrogens is 338 g/mol. The van der Waals surface area contributed by atoms with Crippen LogP contribution in [-0.2, 0) is 9.47 Å². The molecule has 136 valence electrons. The van der Waals surface area contributed by atoms with Gasteiger partial charge < -0.3 is 19.5 Å². The fourth-order valence-corrected chi connectivity index (χ4v) is 2.24. The topological polar surface area (TPSA) is 90.9 Å². The number of carbonyl (C=O) groups is 3. The number of benzene rings is 2. The number of hydrogen-bond acceptors (Lipinski definition) is 6. The van der Waals surface area contributed by atoms with Gasteiger partial charge in [0.05, 0.1) is 37.6 Å². The molecule has 0 bridgehead atoms. The molecule has 0 aromatic heterocycles. The second-order valence-corrected chi connectivity index (χ2v) is 5.16. The summed E-state index contributed by atoms with van der Waals surface area (Å²) in [6, 6.07) is 10.7. The number of hydrogen-bond donors (Lipinski definition) is 1. The Morgan fingerprint density at radius 2 is 1.50 bits per heavy atom. The highest BCUT2D eigenvalue weighted by molar-refractivity contribution is 6.09. The zero-order valence-corrected chi connectivity index (χ0v) is 14.7. The summed E-state index contributed by atoms with van der Waals surface area (Å²) >= 11 is 0. The van der Waals surface area contributed by atoms with E-state index in [0.29, 0.717) is 17.9 Å². The molecule has 7 heteroatoms. The van der Waals surface area contributed by atoms with E-state index in [9.17, 15) is 14.4 Å². The first-order chi connectivity index (χ1) is 12.5. The molecule has 26 heavy (non-hydrogen) atoms. The van der Waals surface area contributed by atoms with Gasteiger partial charge in [0.25, 0.3) is 5.91 Å². The number of methoxy groups -OCH3 is 2. The van der Waals surface area contributed by atoms with Crippen LogP contribution in [0.5, 0.6) is 5.75 Å². The van der Waals surface area contributed by atoms with Crippen molar-refractivity contribution in [2.45, 2.75) is 6.92 Å². The summed E-state index contributed by atoms with van der Waals surface area (Å²) in [6.45, 7) is 2.39. The van der Waals surface area contributed by atoms with E-state index in [2.05, 4.69) is 10.1 Å². The maximum Gasteiger partial charge on any atom is 0.339 e. The highest BCUT2D eigenvalue weighted by Crippen LogP contribution is 2.21. The zero-order valence-electron chi connectivity index (χ0n) is 14.7. The highest BCUT2D eigenvalue weighted by atomic mass is 16.5. The second-order valence-electron chi connectivity index (χ2n) is 5.16. The highest BCUT2D eigenvalue weighted by Gasteiger charge is 2.18. The Bertz CT molecular complexity index is 813. The minimum Gasteiger partial charge on any atom is -0.494 e. The lowest BCUT2D eigenvalue weighted by atomic mass is 10.1. The molecule has 0 spiro atoms. The summed E-state index contributed by atoms with van der Waals surface area (Å²) in [4.78, 5) is 36.1.